The zero-order chi connectivity index (χ0) is 23.4. The minimum atomic E-state index is -1.21. The van der Waals surface area contributed by atoms with E-state index in [4.69, 9.17) is 4.74 Å². The monoisotopic (exact) mass is 474 g/mol. The first-order valence-electron chi connectivity index (χ1n) is 10.5. The first kappa shape index (κ1) is 24.6. The molecular formula is C25H30O5S2. The second-order valence-corrected chi connectivity index (χ2v) is 10.5. The molecule has 32 heavy (non-hydrogen) atoms. The zero-order valence-corrected chi connectivity index (χ0v) is 20.3. The molecule has 0 fully saturated rings. The van der Waals surface area contributed by atoms with E-state index in [1.54, 1.807) is 29.6 Å². The number of aryl methyl sites for hydroxylation is 3. The second kappa shape index (κ2) is 10.3. The Bertz CT molecular complexity index is 991. The molecule has 0 saturated carbocycles. The quantitative estimate of drug-likeness (QED) is 0.384. The number of carbonyl (C=O) groups excluding carboxylic acids is 1. The van der Waals surface area contributed by atoms with Crippen LogP contribution in [0.4, 0.5) is 0 Å². The largest absolute Gasteiger partial charge is 0.465 e. The first-order chi connectivity index (χ1) is 15.2. The molecule has 0 radical (unpaired) electrons. The Morgan fingerprint density at radius 1 is 0.969 bits per heavy atom. The topological polar surface area (TPSA) is 87.0 Å². The molecule has 172 valence electrons. The third-order valence-corrected chi connectivity index (χ3v) is 7.82. The average molecular weight is 475 g/mol. The van der Waals surface area contributed by atoms with Crippen LogP contribution in [-0.2, 0) is 21.6 Å². The lowest BCUT2D eigenvalue weighted by Gasteiger charge is -2.27. The number of esters is 1. The van der Waals surface area contributed by atoms with Crippen LogP contribution in [0.25, 0.3) is 0 Å². The third-order valence-electron chi connectivity index (χ3n) is 5.51. The molecule has 3 rings (SSSR count). The van der Waals surface area contributed by atoms with Gasteiger partial charge in [0, 0.05) is 21.6 Å². The predicted octanol–water partition coefficient (Wildman–Crippen LogP) is 4.18. The highest BCUT2D eigenvalue weighted by Gasteiger charge is 2.36. The van der Waals surface area contributed by atoms with E-state index in [1.165, 1.54) is 0 Å². The Hall–Kier alpha value is -2.03. The summed E-state index contributed by atoms with van der Waals surface area (Å²) in [7, 11) is 0. The van der Waals surface area contributed by atoms with Gasteiger partial charge >= 0.3 is 5.97 Å². The molecular weight excluding hydrogens is 444 g/mol. The number of benzene rings is 1. The fourth-order valence-electron chi connectivity index (χ4n) is 3.28. The van der Waals surface area contributed by atoms with Gasteiger partial charge in [-0.25, -0.2) is 0 Å². The van der Waals surface area contributed by atoms with Gasteiger partial charge in [-0.3, -0.25) is 4.79 Å². The van der Waals surface area contributed by atoms with Gasteiger partial charge in [0.1, 0.15) is 6.61 Å². The van der Waals surface area contributed by atoms with Crippen LogP contribution in [0.2, 0.25) is 0 Å². The molecule has 3 N–H and O–H groups in total. The highest BCUT2D eigenvalue weighted by Crippen LogP contribution is 2.42. The molecule has 0 bridgehead atoms. The van der Waals surface area contributed by atoms with Crippen molar-refractivity contribution in [3.05, 3.63) is 79.2 Å². The molecule has 1 aromatic carbocycles. The van der Waals surface area contributed by atoms with Crippen LogP contribution in [0, 0.1) is 19.3 Å². The molecule has 0 saturated heterocycles. The van der Waals surface area contributed by atoms with Crippen LogP contribution in [0.15, 0.2) is 47.2 Å². The van der Waals surface area contributed by atoms with Crippen molar-refractivity contribution in [2.45, 2.75) is 39.2 Å². The summed E-state index contributed by atoms with van der Waals surface area (Å²) in [5, 5.41) is 34.5. The minimum Gasteiger partial charge on any atom is -0.465 e. The lowest BCUT2D eigenvalue weighted by Crippen LogP contribution is -2.32. The number of hydrogen-bond acceptors (Lipinski definition) is 7. The summed E-state index contributed by atoms with van der Waals surface area (Å²) in [6, 6.07) is 11.7. The van der Waals surface area contributed by atoms with Gasteiger partial charge in [0.2, 0.25) is 0 Å². The zero-order valence-electron chi connectivity index (χ0n) is 18.6. The molecule has 5 nitrogen and oxygen atoms in total. The third kappa shape index (κ3) is 5.47. The van der Waals surface area contributed by atoms with E-state index in [2.05, 4.69) is 0 Å². The molecule has 0 amide bonds. The Labute approximate surface area is 196 Å². The van der Waals surface area contributed by atoms with Crippen molar-refractivity contribution >= 4 is 28.6 Å². The molecule has 0 aliphatic rings. The van der Waals surface area contributed by atoms with Crippen LogP contribution in [0.5, 0.6) is 0 Å². The first-order valence-corrected chi connectivity index (χ1v) is 12.3. The minimum absolute atomic E-state index is 0.0226. The number of rotatable bonds is 10. The number of aliphatic hydroxyl groups excluding tert-OH is 2. The Morgan fingerprint density at radius 2 is 1.50 bits per heavy atom. The van der Waals surface area contributed by atoms with E-state index in [0.29, 0.717) is 6.42 Å². The van der Waals surface area contributed by atoms with E-state index in [0.717, 1.165) is 32.0 Å². The summed E-state index contributed by atoms with van der Waals surface area (Å²) in [5.74, 6) is -0.373. The second-order valence-electron chi connectivity index (χ2n) is 8.67. The fourth-order valence-corrected chi connectivity index (χ4v) is 5.41. The lowest BCUT2D eigenvalue weighted by molar-refractivity contribution is -0.148. The van der Waals surface area contributed by atoms with E-state index in [9.17, 15) is 20.1 Å². The highest BCUT2D eigenvalue weighted by molar-refractivity contribution is 7.12. The smallest absolute Gasteiger partial charge is 0.306 e. The number of ether oxygens (including phenoxy) is 1. The van der Waals surface area contributed by atoms with Gasteiger partial charge < -0.3 is 20.1 Å². The summed E-state index contributed by atoms with van der Waals surface area (Å²) in [6.07, 6.45) is 0.702. The van der Waals surface area contributed by atoms with Crippen molar-refractivity contribution in [2.75, 3.05) is 19.8 Å². The van der Waals surface area contributed by atoms with Crippen molar-refractivity contribution in [1.29, 1.82) is 0 Å². The number of hydrogen-bond donors (Lipinski definition) is 3. The van der Waals surface area contributed by atoms with Crippen molar-refractivity contribution in [2.24, 2.45) is 5.41 Å². The van der Waals surface area contributed by atoms with Crippen molar-refractivity contribution in [3.8, 4) is 0 Å². The summed E-state index contributed by atoms with van der Waals surface area (Å²) < 4.78 is 5.21. The van der Waals surface area contributed by atoms with E-state index >= 15 is 0 Å². The Kier molecular flexibility index (Phi) is 7.90. The fraction of sp³-hybridized carbons (Fsp3) is 0.400. The van der Waals surface area contributed by atoms with E-state index in [1.807, 2.05) is 61.0 Å². The molecule has 0 aliphatic carbocycles. The highest BCUT2D eigenvalue weighted by atomic mass is 32.1. The van der Waals surface area contributed by atoms with Crippen molar-refractivity contribution in [1.82, 2.24) is 0 Å². The number of carbonyl (C=O) groups is 1. The van der Waals surface area contributed by atoms with E-state index < -0.39 is 11.0 Å². The molecule has 2 heterocycles. The SMILES string of the molecule is Cc1csc(C(O)(c2ccc(CCC(=O)OCC(C)(CO)CO)cc2)c2cc(C)cs2)c1. The maximum Gasteiger partial charge on any atom is 0.306 e. The standard InChI is InChI=1S/C25H30O5S2/c1-17-10-21(31-12-17)25(29,22-11-18(2)13-32-22)20-7-4-19(5-8-20)6-9-23(28)30-16-24(3,14-26)15-27/h4-5,7-8,10-13,26-27,29H,6,9,14-16H2,1-3H3. The normalized spacial score (nSPS) is 12.2. The average Bonchev–Trinajstić information content (AvgIpc) is 3.44. The van der Waals surface area contributed by atoms with Gasteiger partial charge in [0.25, 0.3) is 0 Å². The van der Waals surface area contributed by atoms with Gasteiger partial charge in [0.05, 0.1) is 13.2 Å². The van der Waals surface area contributed by atoms with Crippen LogP contribution in [0.3, 0.4) is 0 Å². The van der Waals surface area contributed by atoms with Gasteiger partial charge in [0.15, 0.2) is 5.60 Å². The van der Waals surface area contributed by atoms with Crippen LogP contribution < -0.4 is 0 Å². The molecule has 7 heteroatoms. The van der Waals surface area contributed by atoms with Gasteiger partial charge in [-0.1, -0.05) is 31.2 Å². The van der Waals surface area contributed by atoms with Gasteiger partial charge in [-0.05, 0) is 65.4 Å². The molecule has 0 atom stereocenters. The van der Waals surface area contributed by atoms with Crippen LogP contribution >= 0.6 is 22.7 Å². The predicted molar refractivity (Wildman–Crippen MR) is 128 cm³/mol. The van der Waals surface area contributed by atoms with E-state index in [-0.39, 0.29) is 32.2 Å². The number of aliphatic hydroxyl groups is 3. The Balaban J connectivity index is 1.72. The Morgan fingerprint density at radius 3 is 1.94 bits per heavy atom. The van der Waals surface area contributed by atoms with Crippen LogP contribution in [0.1, 0.15) is 45.4 Å². The van der Waals surface area contributed by atoms with Gasteiger partial charge in [-0.15, -0.1) is 22.7 Å². The lowest BCUT2D eigenvalue weighted by atomic mass is 9.89. The molecule has 0 unspecified atom stereocenters. The molecule has 3 aromatic rings. The maximum absolute atomic E-state index is 12.1. The van der Waals surface area contributed by atoms with Crippen molar-refractivity contribution in [3.63, 3.8) is 0 Å². The van der Waals surface area contributed by atoms with Gasteiger partial charge in [-0.2, -0.15) is 0 Å². The van der Waals surface area contributed by atoms with Crippen LogP contribution in [-0.4, -0.2) is 41.1 Å². The molecule has 0 aliphatic heterocycles. The molecule has 0 spiro atoms. The summed E-state index contributed by atoms with van der Waals surface area (Å²) >= 11 is 3.09. The maximum atomic E-state index is 12.1. The van der Waals surface area contributed by atoms with Crippen molar-refractivity contribution < 1.29 is 24.9 Å². The summed E-state index contributed by atoms with van der Waals surface area (Å²) in [4.78, 5) is 13.8. The number of thiophene rings is 2. The molecule has 2 aromatic heterocycles. The summed E-state index contributed by atoms with van der Waals surface area (Å²) in [5.41, 5.74) is 1.94. The summed E-state index contributed by atoms with van der Waals surface area (Å²) in [6.45, 7) is 5.16.